The molecule has 0 aromatic rings. The lowest BCUT2D eigenvalue weighted by Crippen LogP contribution is -2.25. The van der Waals surface area contributed by atoms with Crippen molar-refractivity contribution >= 4 is 38.1 Å². The Labute approximate surface area is 154 Å². The van der Waals surface area contributed by atoms with Crippen LogP contribution in [0.2, 0.25) is 0 Å². The number of hydrogen-bond donors (Lipinski definition) is 0. The Kier molecular flexibility index (Phi) is 9.54. The second-order valence-electron chi connectivity index (χ2n) is 8.05. The van der Waals surface area contributed by atoms with E-state index in [1.807, 2.05) is 0 Å². The molecule has 2 fully saturated rings. The van der Waals surface area contributed by atoms with Gasteiger partial charge in [-0.25, -0.2) is 0 Å². The van der Waals surface area contributed by atoms with Gasteiger partial charge in [-0.2, -0.15) is 0 Å². The molecule has 128 valence electrons. The highest BCUT2D eigenvalue weighted by molar-refractivity contribution is 9.28. The monoisotopic (exact) mass is 434 g/mol. The van der Waals surface area contributed by atoms with Gasteiger partial charge < -0.3 is 4.79 Å². The number of halogens is 2. The van der Waals surface area contributed by atoms with Crippen molar-refractivity contribution in [2.45, 2.75) is 66.2 Å². The number of carbonyl (C=O) groups is 1. The first-order valence-corrected chi connectivity index (χ1v) is 10.4. The first-order chi connectivity index (χ1) is 10.3. The van der Waals surface area contributed by atoms with Gasteiger partial charge in [-0.3, -0.25) is 0 Å². The number of aldehydes is 1. The van der Waals surface area contributed by atoms with Crippen molar-refractivity contribution < 1.29 is 4.79 Å². The summed E-state index contributed by atoms with van der Waals surface area (Å²) in [6, 6.07) is 0. The molecule has 2 saturated carbocycles. The van der Waals surface area contributed by atoms with E-state index in [-0.39, 0.29) is 0 Å². The standard InChI is InChI=1S/C10H16Br2.C9H16O/c1-7(2)3-8-4-9(5-8)6-10(11)12;1-7(2)3-8-4-9(5-8)6-10/h6-9H,3-5H2,1-2H3;6-9H,3-5H2,1-2H3. The van der Waals surface area contributed by atoms with Gasteiger partial charge in [0.2, 0.25) is 0 Å². The molecule has 0 amide bonds. The fourth-order valence-electron chi connectivity index (χ4n) is 3.72. The molecular weight excluding hydrogens is 404 g/mol. The highest BCUT2D eigenvalue weighted by Gasteiger charge is 2.28. The first-order valence-electron chi connectivity index (χ1n) is 8.78. The normalized spacial score (nSPS) is 30.0. The smallest absolute Gasteiger partial charge is 0.123 e. The number of allylic oxidation sites excluding steroid dienone is 1. The van der Waals surface area contributed by atoms with Crippen molar-refractivity contribution in [3.8, 4) is 0 Å². The van der Waals surface area contributed by atoms with Crippen LogP contribution < -0.4 is 0 Å². The van der Waals surface area contributed by atoms with Crippen molar-refractivity contribution in [3.63, 3.8) is 0 Å². The van der Waals surface area contributed by atoms with Crippen molar-refractivity contribution in [2.24, 2.45) is 35.5 Å². The maximum atomic E-state index is 10.2. The summed E-state index contributed by atoms with van der Waals surface area (Å²) in [5.41, 5.74) is 0. The molecule has 0 spiro atoms. The summed E-state index contributed by atoms with van der Waals surface area (Å²) in [6.45, 7) is 9.11. The van der Waals surface area contributed by atoms with Crippen LogP contribution in [0.5, 0.6) is 0 Å². The summed E-state index contributed by atoms with van der Waals surface area (Å²) in [6.07, 6.45) is 11.2. The van der Waals surface area contributed by atoms with Crippen LogP contribution >= 0.6 is 31.9 Å². The third-order valence-electron chi connectivity index (χ3n) is 4.71. The van der Waals surface area contributed by atoms with E-state index in [9.17, 15) is 4.79 Å². The summed E-state index contributed by atoms with van der Waals surface area (Å²) in [4.78, 5) is 10.2. The quantitative estimate of drug-likeness (QED) is 0.412. The molecule has 2 rings (SSSR count). The van der Waals surface area contributed by atoms with Gasteiger partial charge >= 0.3 is 0 Å². The molecule has 0 bridgehead atoms. The summed E-state index contributed by atoms with van der Waals surface area (Å²) >= 11 is 6.80. The lowest BCUT2D eigenvalue weighted by molar-refractivity contribution is -0.114. The van der Waals surface area contributed by atoms with Crippen molar-refractivity contribution in [1.29, 1.82) is 0 Å². The summed E-state index contributed by atoms with van der Waals surface area (Å²) in [5.74, 6) is 4.75. The summed E-state index contributed by atoms with van der Waals surface area (Å²) in [7, 11) is 0. The minimum Gasteiger partial charge on any atom is -0.303 e. The summed E-state index contributed by atoms with van der Waals surface area (Å²) < 4.78 is 1.11. The Morgan fingerprint density at radius 2 is 1.32 bits per heavy atom. The van der Waals surface area contributed by atoms with Gasteiger partial charge in [0.15, 0.2) is 0 Å². The van der Waals surface area contributed by atoms with Gasteiger partial charge in [0.1, 0.15) is 6.29 Å². The van der Waals surface area contributed by atoms with E-state index in [2.05, 4.69) is 65.6 Å². The molecule has 0 unspecified atom stereocenters. The molecule has 1 nitrogen and oxygen atoms in total. The minimum absolute atomic E-state index is 0.406. The molecule has 3 heteroatoms. The van der Waals surface area contributed by atoms with Gasteiger partial charge in [-0.05, 0) is 100.0 Å². The highest BCUT2D eigenvalue weighted by atomic mass is 79.9. The average molecular weight is 436 g/mol. The molecule has 0 heterocycles. The molecule has 0 aromatic heterocycles. The van der Waals surface area contributed by atoms with Crippen LogP contribution in [0.4, 0.5) is 0 Å². The topological polar surface area (TPSA) is 17.1 Å². The van der Waals surface area contributed by atoms with Crippen LogP contribution in [0.3, 0.4) is 0 Å². The van der Waals surface area contributed by atoms with Gasteiger partial charge in [-0.1, -0.05) is 33.8 Å². The molecule has 0 aromatic carbocycles. The average Bonchev–Trinajstić information content (AvgIpc) is 2.30. The fourth-order valence-corrected chi connectivity index (χ4v) is 4.47. The predicted octanol–water partition coefficient (Wildman–Crippen LogP) is 6.95. The van der Waals surface area contributed by atoms with Crippen LogP contribution in [-0.2, 0) is 4.79 Å². The summed E-state index contributed by atoms with van der Waals surface area (Å²) in [5, 5.41) is 0. The Bertz CT molecular complexity index is 346. The van der Waals surface area contributed by atoms with E-state index in [0.717, 1.165) is 52.1 Å². The molecule has 2 aliphatic carbocycles. The zero-order chi connectivity index (χ0) is 16.7. The third kappa shape index (κ3) is 8.29. The third-order valence-corrected chi connectivity index (χ3v) is 5.24. The first kappa shape index (κ1) is 20.4. The molecule has 0 aliphatic heterocycles. The Morgan fingerprint density at radius 3 is 1.64 bits per heavy atom. The molecule has 2 aliphatic rings. The lowest BCUT2D eigenvalue weighted by atomic mass is 9.71. The zero-order valence-electron chi connectivity index (χ0n) is 14.5. The van der Waals surface area contributed by atoms with Crippen LogP contribution in [0, 0.1) is 35.5 Å². The van der Waals surface area contributed by atoms with E-state index in [1.54, 1.807) is 0 Å². The van der Waals surface area contributed by atoms with Crippen LogP contribution in [-0.4, -0.2) is 6.29 Å². The molecule has 0 N–H and O–H groups in total. The van der Waals surface area contributed by atoms with Crippen molar-refractivity contribution in [1.82, 2.24) is 0 Å². The van der Waals surface area contributed by atoms with E-state index < -0.39 is 0 Å². The van der Waals surface area contributed by atoms with Gasteiger partial charge in [0.25, 0.3) is 0 Å². The van der Waals surface area contributed by atoms with E-state index >= 15 is 0 Å². The Balaban J connectivity index is 0.000000224. The van der Waals surface area contributed by atoms with Gasteiger partial charge in [0, 0.05) is 5.92 Å². The number of rotatable bonds is 6. The maximum absolute atomic E-state index is 10.2. The molecule has 0 saturated heterocycles. The van der Waals surface area contributed by atoms with Crippen LogP contribution in [0.25, 0.3) is 0 Å². The lowest BCUT2D eigenvalue weighted by Gasteiger charge is -2.34. The predicted molar refractivity (Wildman–Crippen MR) is 103 cm³/mol. The Hall–Kier alpha value is 0.370. The zero-order valence-corrected chi connectivity index (χ0v) is 17.7. The molecule has 22 heavy (non-hydrogen) atoms. The molecule has 0 atom stereocenters. The minimum atomic E-state index is 0.406. The van der Waals surface area contributed by atoms with E-state index in [1.165, 1.54) is 25.7 Å². The van der Waals surface area contributed by atoms with E-state index in [4.69, 9.17) is 0 Å². The second kappa shape index (κ2) is 10.3. The SMILES string of the molecule is CC(C)CC1CC(C=C(Br)Br)C1.CC(C)CC1CC(C=O)C1. The van der Waals surface area contributed by atoms with Crippen molar-refractivity contribution in [2.75, 3.05) is 0 Å². The van der Waals surface area contributed by atoms with Gasteiger partial charge in [-0.15, -0.1) is 0 Å². The number of carbonyl (C=O) groups excluding carboxylic acids is 1. The highest BCUT2D eigenvalue weighted by Crippen LogP contribution is 2.40. The van der Waals surface area contributed by atoms with Crippen LogP contribution in [0.15, 0.2) is 9.47 Å². The maximum Gasteiger partial charge on any atom is 0.123 e. The largest absolute Gasteiger partial charge is 0.303 e. The van der Waals surface area contributed by atoms with Crippen LogP contribution in [0.1, 0.15) is 66.2 Å². The van der Waals surface area contributed by atoms with E-state index in [0.29, 0.717) is 5.92 Å². The Morgan fingerprint density at radius 1 is 0.909 bits per heavy atom. The second-order valence-corrected chi connectivity index (χ2v) is 10.8. The molecule has 0 radical (unpaired) electrons. The molecular formula is C19H32Br2O. The number of hydrogen-bond acceptors (Lipinski definition) is 1. The van der Waals surface area contributed by atoms with Gasteiger partial charge in [0.05, 0.1) is 3.39 Å². The van der Waals surface area contributed by atoms with Crippen molar-refractivity contribution in [3.05, 3.63) is 9.47 Å². The fraction of sp³-hybridized carbons (Fsp3) is 0.842.